The van der Waals surface area contributed by atoms with Crippen LogP contribution in [-0.2, 0) is 9.59 Å². The molecule has 2 unspecified atom stereocenters. The zero-order valence-electron chi connectivity index (χ0n) is 14.7. The highest BCUT2D eigenvalue weighted by Crippen LogP contribution is 2.34. The van der Waals surface area contributed by atoms with Crippen LogP contribution < -0.4 is 5.32 Å². The Morgan fingerprint density at radius 3 is 2.71 bits per heavy atom. The maximum atomic E-state index is 13.6. The number of nitrogens with one attached hydrogen (secondary N) is 1. The SMILES string of the molecule is CCCCNC(=O)C1CN(C(=O)C(C)C)CC1c1cccc(F)c1. The molecule has 0 aliphatic carbocycles. The van der Waals surface area contributed by atoms with Gasteiger partial charge < -0.3 is 10.2 Å². The number of likely N-dealkylation sites (tertiary alicyclic amines) is 1. The molecule has 5 heteroatoms. The Bertz CT molecular complexity index is 588. The van der Waals surface area contributed by atoms with Gasteiger partial charge in [0.05, 0.1) is 5.92 Å². The van der Waals surface area contributed by atoms with Gasteiger partial charge in [-0.1, -0.05) is 39.3 Å². The Kier molecular flexibility index (Phi) is 6.35. The molecule has 2 rings (SSSR count). The third kappa shape index (κ3) is 4.34. The van der Waals surface area contributed by atoms with Crippen molar-refractivity contribution < 1.29 is 14.0 Å². The lowest BCUT2D eigenvalue weighted by Crippen LogP contribution is -2.36. The predicted molar refractivity (Wildman–Crippen MR) is 92.0 cm³/mol. The zero-order chi connectivity index (χ0) is 17.7. The summed E-state index contributed by atoms with van der Waals surface area (Å²) in [6.07, 6.45) is 1.94. The van der Waals surface area contributed by atoms with Gasteiger partial charge in [0.1, 0.15) is 5.82 Å². The van der Waals surface area contributed by atoms with Crippen LogP contribution in [0.1, 0.15) is 45.1 Å². The average molecular weight is 334 g/mol. The molecule has 0 radical (unpaired) electrons. The average Bonchev–Trinajstić information content (AvgIpc) is 2.99. The minimum absolute atomic E-state index is 0.0419. The molecule has 1 aromatic carbocycles. The molecule has 0 aromatic heterocycles. The maximum Gasteiger partial charge on any atom is 0.225 e. The molecule has 132 valence electrons. The van der Waals surface area contributed by atoms with Crippen molar-refractivity contribution in [3.63, 3.8) is 0 Å². The molecule has 2 atom stereocenters. The summed E-state index contributed by atoms with van der Waals surface area (Å²) in [6, 6.07) is 6.36. The number of nitrogens with zero attached hydrogens (tertiary/aromatic N) is 1. The normalized spacial score (nSPS) is 20.5. The lowest BCUT2D eigenvalue weighted by molar-refractivity contribution is -0.133. The number of unbranched alkanes of at least 4 members (excludes halogenated alkanes) is 1. The quantitative estimate of drug-likeness (QED) is 0.813. The van der Waals surface area contributed by atoms with Crippen molar-refractivity contribution in [3.05, 3.63) is 35.6 Å². The fourth-order valence-corrected chi connectivity index (χ4v) is 3.21. The van der Waals surface area contributed by atoms with Gasteiger partial charge in [0.15, 0.2) is 0 Å². The monoisotopic (exact) mass is 334 g/mol. The second-order valence-corrected chi connectivity index (χ2v) is 6.81. The molecule has 2 amide bonds. The van der Waals surface area contributed by atoms with E-state index in [0.29, 0.717) is 19.6 Å². The first kappa shape index (κ1) is 18.4. The van der Waals surface area contributed by atoms with Crippen molar-refractivity contribution in [3.8, 4) is 0 Å². The first-order valence-corrected chi connectivity index (χ1v) is 8.76. The number of hydrogen-bond donors (Lipinski definition) is 1. The third-order valence-corrected chi connectivity index (χ3v) is 4.57. The molecular formula is C19H27FN2O2. The number of amides is 2. The van der Waals surface area contributed by atoms with Crippen LogP contribution >= 0.6 is 0 Å². The standard InChI is InChI=1S/C19H27FN2O2/c1-4-5-9-21-18(23)17-12-22(19(24)13(2)3)11-16(17)14-7-6-8-15(20)10-14/h6-8,10,13,16-17H,4-5,9,11-12H2,1-3H3,(H,21,23). The molecule has 1 saturated heterocycles. The fraction of sp³-hybridized carbons (Fsp3) is 0.579. The van der Waals surface area contributed by atoms with E-state index in [1.807, 2.05) is 19.9 Å². The minimum Gasteiger partial charge on any atom is -0.356 e. The fourth-order valence-electron chi connectivity index (χ4n) is 3.21. The molecule has 0 spiro atoms. The summed E-state index contributed by atoms with van der Waals surface area (Å²) in [5.41, 5.74) is 0.782. The van der Waals surface area contributed by atoms with Crippen molar-refractivity contribution in [1.82, 2.24) is 10.2 Å². The molecule has 1 aromatic rings. The Labute approximate surface area is 143 Å². The van der Waals surface area contributed by atoms with Crippen molar-refractivity contribution in [2.24, 2.45) is 11.8 Å². The summed E-state index contributed by atoms with van der Waals surface area (Å²) in [4.78, 5) is 26.7. The van der Waals surface area contributed by atoms with E-state index in [2.05, 4.69) is 12.2 Å². The Morgan fingerprint density at radius 1 is 1.33 bits per heavy atom. The highest BCUT2D eigenvalue weighted by molar-refractivity contribution is 5.84. The first-order valence-electron chi connectivity index (χ1n) is 8.76. The van der Waals surface area contributed by atoms with Crippen molar-refractivity contribution in [2.45, 2.75) is 39.5 Å². The summed E-state index contributed by atoms with van der Waals surface area (Å²) < 4.78 is 13.6. The number of carbonyl (C=O) groups is 2. The van der Waals surface area contributed by atoms with Crippen LogP contribution in [0.3, 0.4) is 0 Å². The second kappa shape index (κ2) is 8.27. The van der Waals surface area contributed by atoms with Crippen LogP contribution in [0, 0.1) is 17.7 Å². The molecule has 1 aliphatic heterocycles. The largest absolute Gasteiger partial charge is 0.356 e. The molecule has 4 nitrogen and oxygen atoms in total. The summed E-state index contributed by atoms with van der Waals surface area (Å²) in [7, 11) is 0. The van der Waals surface area contributed by atoms with Gasteiger partial charge in [0, 0.05) is 31.5 Å². The number of carbonyl (C=O) groups excluding carboxylic acids is 2. The lowest BCUT2D eigenvalue weighted by atomic mass is 9.88. The summed E-state index contributed by atoms with van der Waals surface area (Å²) in [5, 5.41) is 2.96. The molecule has 1 heterocycles. The molecular weight excluding hydrogens is 307 g/mol. The van der Waals surface area contributed by atoms with E-state index in [-0.39, 0.29) is 35.4 Å². The lowest BCUT2D eigenvalue weighted by Gasteiger charge is -2.18. The van der Waals surface area contributed by atoms with E-state index in [4.69, 9.17) is 0 Å². The van der Waals surface area contributed by atoms with E-state index in [0.717, 1.165) is 18.4 Å². The maximum absolute atomic E-state index is 13.6. The van der Waals surface area contributed by atoms with E-state index < -0.39 is 0 Å². The van der Waals surface area contributed by atoms with Crippen LogP contribution in [-0.4, -0.2) is 36.3 Å². The van der Waals surface area contributed by atoms with Gasteiger partial charge in [-0.3, -0.25) is 9.59 Å². The topological polar surface area (TPSA) is 49.4 Å². The third-order valence-electron chi connectivity index (χ3n) is 4.57. The van der Waals surface area contributed by atoms with Crippen LogP contribution in [0.15, 0.2) is 24.3 Å². The summed E-state index contributed by atoms with van der Waals surface area (Å²) in [6.45, 7) is 7.28. The molecule has 0 saturated carbocycles. The minimum atomic E-state index is -0.327. The zero-order valence-corrected chi connectivity index (χ0v) is 14.7. The Hall–Kier alpha value is -1.91. The van der Waals surface area contributed by atoms with Crippen molar-refractivity contribution >= 4 is 11.8 Å². The molecule has 1 fully saturated rings. The highest BCUT2D eigenvalue weighted by atomic mass is 19.1. The first-order chi connectivity index (χ1) is 11.4. The second-order valence-electron chi connectivity index (χ2n) is 6.81. The van der Waals surface area contributed by atoms with Gasteiger partial charge in [-0.2, -0.15) is 0 Å². The Morgan fingerprint density at radius 2 is 2.08 bits per heavy atom. The molecule has 1 aliphatic rings. The smallest absolute Gasteiger partial charge is 0.225 e. The van der Waals surface area contributed by atoms with Gasteiger partial charge >= 0.3 is 0 Å². The number of benzene rings is 1. The Balaban J connectivity index is 2.19. The van der Waals surface area contributed by atoms with E-state index >= 15 is 0 Å². The number of hydrogen-bond acceptors (Lipinski definition) is 2. The van der Waals surface area contributed by atoms with Gasteiger partial charge in [0.25, 0.3) is 0 Å². The number of halogens is 1. The van der Waals surface area contributed by atoms with Gasteiger partial charge in [-0.25, -0.2) is 4.39 Å². The molecule has 24 heavy (non-hydrogen) atoms. The van der Waals surface area contributed by atoms with Crippen LogP contribution in [0.4, 0.5) is 4.39 Å². The van der Waals surface area contributed by atoms with Gasteiger partial charge in [-0.15, -0.1) is 0 Å². The van der Waals surface area contributed by atoms with Crippen molar-refractivity contribution in [1.29, 1.82) is 0 Å². The highest BCUT2D eigenvalue weighted by Gasteiger charge is 2.40. The van der Waals surface area contributed by atoms with Gasteiger partial charge in [-0.05, 0) is 24.1 Å². The summed E-state index contributed by atoms with van der Waals surface area (Å²) in [5.74, 6) is -0.917. The van der Waals surface area contributed by atoms with Crippen LogP contribution in [0.2, 0.25) is 0 Å². The summed E-state index contributed by atoms with van der Waals surface area (Å²) >= 11 is 0. The van der Waals surface area contributed by atoms with E-state index in [9.17, 15) is 14.0 Å². The molecule has 0 bridgehead atoms. The molecule has 1 N–H and O–H groups in total. The van der Waals surface area contributed by atoms with E-state index in [1.165, 1.54) is 12.1 Å². The predicted octanol–water partition coefficient (Wildman–Crippen LogP) is 2.94. The van der Waals surface area contributed by atoms with E-state index in [1.54, 1.807) is 11.0 Å². The van der Waals surface area contributed by atoms with Gasteiger partial charge in [0.2, 0.25) is 11.8 Å². The van der Waals surface area contributed by atoms with Crippen LogP contribution in [0.25, 0.3) is 0 Å². The van der Waals surface area contributed by atoms with Crippen molar-refractivity contribution in [2.75, 3.05) is 19.6 Å². The number of rotatable bonds is 6. The van der Waals surface area contributed by atoms with Crippen LogP contribution in [0.5, 0.6) is 0 Å².